The molecule has 0 aliphatic rings. The standard InChI is InChI=1S/C19H20ClN3O4S/c1-11-9-16(12(2)8-14(11)20)28(25,26)23(3)10-17-21-15-7-5-6-13(18(15)22-17)19(24)27-4/h5-9H,10H2,1-4H3,(H,21,22). The lowest BCUT2D eigenvalue weighted by Gasteiger charge is -2.18. The van der Waals surface area contributed by atoms with Crippen molar-refractivity contribution in [3.8, 4) is 0 Å². The third kappa shape index (κ3) is 3.63. The summed E-state index contributed by atoms with van der Waals surface area (Å²) in [5.41, 5.74) is 2.64. The minimum atomic E-state index is -3.75. The van der Waals surface area contributed by atoms with E-state index >= 15 is 0 Å². The van der Waals surface area contributed by atoms with E-state index in [2.05, 4.69) is 9.97 Å². The molecule has 3 rings (SSSR count). The predicted octanol–water partition coefficient (Wildman–Crippen LogP) is 3.44. The highest BCUT2D eigenvalue weighted by atomic mass is 35.5. The molecule has 9 heteroatoms. The second kappa shape index (κ2) is 7.54. The molecule has 28 heavy (non-hydrogen) atoms. The summed E-state index contributed by atoms with van der Waals surface area (Å²) in [4.78, 5) is 19.6. The van der Waals surface area contributed by atoms with Gasteiger partial charge in [-0.05, 0) is 49.2 Å². The maximum atomic E-state index is 13.0. The van der Waals surface area contributed by atoms with Crippen LogP contribution in [-0.4, -0.2) is 42.8 Å². The number of fused-ring (bicyclic) bond motifs is 1. The monoisotopic (exact) mass is 421 g/mol. The number of nitrogens with one attached hydrogen (secondary N) is 1. The Kier molecular flexibility index (Phi) is 5.47. The smallest absolute Gasteiger partial charge is 0.340 e. The Morgan fingerprint density at radius 2 is 1.96 bits per heavy atom. The number of methoxy groups -OCH3 is 1. The van der Waals surface area contributed by atoms with Crippen LogP contribution in [-0.2, 0) is 21.3 Å². The number of halogens is 1. The van der Waals surface area contributed by atoms with Crippen LogP contribution >= 0.6 is 11.6 Å². The molecule has 0 aliphatic heterocycles. The summed E-state index contributed by atoms with van der Waals surface area (Å²) < 4.78 is 32.0. The number of ether oxygens (including phenoxy) is 1. The van der Waals surface area contributed by atoms with Crippen LogP contribution in [0.3, 0.4) is 0 Å². The van der Waals surface area contributed by atoms with E-state index in [4.69, 9.17) is 16.3 Å². The van der Waals surface area contributed by atoms with Crippen molar-refractivity contribution in [2.75, 3.05) is 14.2 Å². The fourth-order valence-corrected chi connectivity index (χ4v) is 4.57. The average molecular weight is 422 g/mol. The zero-order valence-electron chi connectivity index (χ0n) is 15.9. The van der Waals surface area contributed by atoms with Gasteiger partial charge in [0.25, 0.3) is 0 Å². The summed E-state index contributed by atoms with van der Waals surface area (Å²) in [7, 11) is -0.976. The Morgan fingerprint density at radius 3 is 2.64 bits per heavy atom. The van der Waals surface area contributed by atoms with Crippen molar-refractivity contribution in [3.05, 3.63) is 57.9 Å². The quantitative estimate of drug-likeness (QED) is 0.637. The maximum absolute atomic E-state index is 13.0. The molecule has 0 amide bonds. The average Bonchev–Trinajstić information content (AvgIpc) is 3.06. The minimum Gasteiger partial charge on any atom is -0.465 e. The van der Waals surface area contributed by atoms with Crippen LogP contribution in [0, 0.1) is 13.8 Å². The van der Waals surface area contributed by atoms with Gasteiger partial charge in [0.1, 0.15) is 11.3 Å². The van der Waals surface area contributed by atoms with Crippen molar-refractivity contribution in [2.45, 2.75) is 25.3 Å². The molecule has 0 saturated carbocycles. The summed E-state index contributed by atoms with van der Waals surface area (Å²) in [6, 6.07) is 8.29. The molecule has 0 saturated heterocycles. The third-order valence-electron chi connectivity index (χ3n) is 4.48. The van der Waals surface area contributed by atoms with E-state index < -0.39 is 16.0 Å². The van der Waals surface area contributed by atoms with Gasteiger partial charge in [-0.2, -0.15) is 4.31 Å². The van der Waals surface area contributed by atoms with Crippen molar-refractivity contribution in [1.82, 2.24) is 14.3 Å². The maximum Gasteiger partial charge on any atom is 0.340 e. The number of aromatic nitrogens is 2. The number of para-hydroxylation sites is 1. The zero-order valence-corrected chi connectivity index (χ0v) is 17.5. The number of aromatic amines is 1. The number of nitrogens with zero attached hydrogens (tertiary/aromatic N) is 2. The van der Waals surface area contributed by atoms with Gasteiger partial charge in [0.2, 0.25) is 10.0 Å². The summed E-state index contributed by atoms with van der Waals surface area (Å²) in [6.07, 6.45) is 0. The Balaban J connectivity index is 1.95. The van der Waals surface area contributed by atoms with Crippen molar-refractivity contribution in [1.29, 1.82) is 0 Å². The topological polar surface area (TPSA) is 92.4 Å². The summed E-state index contributed by atoms with van der Waals surface area (Å²) in [6.45, 7) is 3.48. The number of benzene rings is 2. The van der Waals surface area contributed by atoms with Gasteiger partial charge >= 0.3 is 5.97 Å². The second-order valence-corrected chi connectivity index (χ2v) is 8.93. The number of sulfonamides is 1. The molecule has 2 aromatic carbocycles. The number of hydrogen-bond acceptors (Lipinski definition) is 5. The molecule has 3 aromatic rings. The number of aryl methyl sites for hydroxylation is 2. The van der Waals surface area contributed by atoms with Gasteiger partial charge < -0.3 is 9.72 Å². The van der Waals surface area contributed by atoms with Crippen LogP contribution in [0.4, 0.5) is 0 Å². The summed E-state index contributed by atoms with van der Waals surface area (Å²) in [5.74, 6) is -0.0855. The lowest BCUT2D eigenvalue weighted by molar-refractivity contribution is 0.0602. The highest BCUT2D eigenvalue weighted by Gasteiger charge is 2.25. The first-order chi connectivity index (χ1) is 13.1. The van der Waals surface area contributed by atoms with Crippen LogP contribution in [0.15, 0.2) is 35.2 Å². The molecule has 0 aliphatic carbocycles. The van der Waals surface area contributed by atoms with Crippen molar-refractivity contribution in [2.24, 2.45) is 0 Å². The van der Waals surface area contributed by atoms with E-state index in [0.29, 0.717) is 38.6 Å². The SMILES string of the molecule is COC(=O)c1cccc2[nH]c(CN(C)S(=O)(=O)c3cc(C)c(Cl)cc3C)nc12. The molecule has 1 N–H and O–H groups in total. The van der Waals surface area contributed by atoms with E-state index in [-0.39, 0.29) is 11.4 Å². The Bertz CT molecular complexity index is 1170. The molecule has 0 atom stereocenters. The molecule has 0 spiro atoms. The first-order valence-electron chi connectivity index (χ1n) is 8.44. The molecule has 1 aromatic heterocycles. The van der Waals surface area contributed by atoms with Crippen LogP contribution in [0.1, 0.15) is 27.3 Å². The van der Waals surface area contributed by atoms with E-state index in [1.807, 2.05) is 0 Å². The molecule has 7 nitrogen and oxygen atoms in total. The fourth-order valence-electron chi connectivity index (χ4n) is 2.93. The zero-order chi connectivity index (χ0) is 20.6. The summed E-state index contributed by atoms with van der Waals surface area (Å²) in [5, 5.41) is 0.520. The van der Waals surface area contributed by atoms with Crippen molar-refractivity contribution < 1.29 is 17.9 Å². The molecule has 0 unspecified atom stereocenters. The van der Waals surface area contributed by atoms with Gasteiger partial charge in [-0.1, -0.05) is 17.7 Å². The second-order valence-electron chi connectivity index (χ2n) is 6.50. The number of esters is 1. The molecular weight excluding hydrogens is 402 g/mol. The molecule has 0 radical (unpaired) electrons. The molecular formula is C19H20ClN3O4S. The Labute approximate surface area is 168 Å². The summed E-state index contributed by atoms with van der Waals surface area (Å²) >= 11 is 6.08. The number of imidazole rings is 1. The molecule has 148 valence electrons. The first kappa shape index (κ1) is 20.3. The number of carbonyl (C=O) groups is 1. The van der Waals surface area contributed by atoms with Crippen LogP contribution < -0.4 is 0 Å². The van der Waals surface area contributed by atoms with Gasteiger partial charge in [-0.25, -0.2) is 18.2 Å². The highest BCUT2D eigenvalue weighted by Crippen LogP contribution is 2.27. The van der Waals surface area contributed by atoms with Gasteiger partial charge in [-0.3, -0.25) is 0 Å². The highest BCUT2D eigenvalue weighted by molar-refractivity contribution is 7.89. The van der Waals surface area contributed by atoms with Gasteiger partial charge in [0.15, 0.2) is 0 Å². The van der Waals surface area contributed by atoms with E-state index in [9.17, 15) is 13.2 Å². The van der Waals surface area contributed by atoms with E-state index in [0.717, 1.165) is 0 Å². The number of H-pyrrole nitrogens is 1. The normalized spacial score (nSPS) is 11.9. The lowest BCUT2D eigenvalue weighted by atomic mass is 10.2. The van der Waals surface area contributed by atoms with E-state index in [1.165, 1.54) is 18.5 Å². The van der Waals surface area contributed by atoms with Gasteiger partial charge in [0, 0.05) is 12.1 Å². The molecule has 0 fully saturated rings. The fraction of sp³-hybridized carbons (Fsp3) is 0.263. The first-order valence-corrected chi connectivity index (χ1v) is 10.3. The molecule has 1 heterocycles. The predicted molar refractivity (Wildman–Crippen MR) is 107 cm³/mol. The number of hydrogen-bond donors (Lipinski definition) is 1. The number of carbonyl (C=O) groups excluding carboxylic acids is 1. The third-order valence-corrected chi connectivity index (χ3v) is 6.84. The van der Waals surface area contributed by atoms with Gasteiger partial charge in [-0.15, -0.1) is 0 Å². The molecule has 0 bridgehead atoms. The lowest BCUT2D eigenvalue weighted by Crippen LogP contribution is -2.27. The van der Waals surface area contributed by atoms with Crippen molar-refractivity contribution in [3.63, 3.8) is 0 Å². The van der Waals surface area contributed by atoms with Crippen molar-refractivity contribution >= 4 is 38.6 Å². The van der Waals surface area contributed by atoms with Gasteiger partial charge in [0.05, 0.1) is 29.6 Å². The number of rotatable bonds is 5. The van der Waals surface area contributed by atoms with Crippen LogP contribution in [0.25, 0.3) is 11.0 Å². The van der Waals surface area contributed by atoms with Crippen LogP contribution in [0.5, 0.6) is 0 Å². The van der Waals surface area contributed by atoms with E-state index in [1.54, 1.807) is 44.2 Å². The minimum absolute atomic E-state index is 0.0126. The Morgan fingerprint density at radius 1 is 1.25 bits per heavy atom. The Hall–Kier alpha value is -2.42. The van der Waals surface area contributed by atoms with Crippen LogP contribution in [0.2, 0.25) is 5.02 Å². The largest absolute Gasteiger partial charge is 0.465 e.